The maximum Gasteiger partial charge on any atom is 0.413 e. The molecule has 0 aliphatic heterocycles. The Morgan fingerprint density at radius 3 is 1.86 bits per heavy atom. The lowest BCUT2D eigenvalue weighted by molar-refractivity contribution is -0.752. The molecule has 2 amide bonds. The molecule has 0 saturated carbocycles. The molecule has 4 nitrogen and oxygen atoms in total. The molecule has 0 saturated heterocycles. The van der Waals surface area contributed by atoms with Crippen molar-refractivity contribution >= 4 is 6.03 Å². The minimum absolute atomic E-state index is 0.875. The average Bonchev–Trinajstić information content (AvgIpc) is 1.31. The van der Waals surface area contributed by atoms with Crippen LogP contribution in [-0.4, -0.2) is 24.8 Å². The highest BCUT2D eigenvalue weighted by Gasteiger charge is 2.07. The minimum atomic E-state index is -1.06. The first kappa shape index (κ1) is 6.39. The van der Waals surface area contributed by atoms with Crippen LogP contribution in [0.2, 0.25) is 0 Å². The molecule has 0 fully saturated rings. The first-order valence-electron chi connectivity index (χ1n) is 1.79. The number of carbonyl (C=O) groups excluding carboxylic acids is 1. The summed E-state index contributed by atoms with van der Waals surface area (Å²) in [4.78, 5) is 9.90. The van der Waals surface area contributed by atoms with E-state index in [-0.39, 0.29) is 0 Å². The number of hydrogen-bond acceptors (Lipinski definition) is 2. The SMILES string of the molecule is C[N+](C)([O-])C(N)=O. The number of hydroxylamine groups is 3. The Bertz CT molecular complexity index is 83.4. The van der Waals surface area contributed by atoms with Crippen molar-refractivity contribution in [2.24, 2.45) is 5.73 Å². The molecule has 2 N–H and O–H groups in total. The number of nitrogens with zero attached hydrogens (tertiary/aromatic N) is 1. The van der Waals surface area contributed by atoms with Crippen LogP contribution in [0.15, 0.2) is 0 Å². The van der Waals surface area contributed by atoms with E-state index >= 15 is 0 Å². The van der Waals surface area contributed by atoms with E-state index < -0.39 is 10.7 Å². The van der Waals surface area contributed by atoms with Gasteiger partial charge in [0.2, 0.25) is 0 Å². The second-order valence-corrected chi connectivity index (χ2v) is 1.69. The lowest BCUT2D eigenvalue weighted by atomic mass is 10.8. The predicted molar refractivity (Wildman–Crippen MR) is 25.1 cm³/mol. The van der Waals surface area contributed by atoms with Gasteiger partial charge in [-0.1, -0.05) is 0 Å². The Morgan fingerprint density at radius 1 is 1.71 bits per heavy atom. The lowest BCUT2D eigenvalue weighted by Gasteiger charge is -2.26. The summed E-state index contributed by atoms with van der Waals surface area (Å²) in [6, 6.07) is -0.875. The van der Waals surface area contributed by atoms with Crippen molar-refractivity contribution in [1.29, 1.82) is 0 Å². The predicted octanol–water partition coefficient (Wildman–Crippen LogP) is -0.361. The zero-order valence-electron chi connectivity index (χ0n) is 4.34. The standard InChI is InChI=1S/C3H8N2O2/c1-5(2,7)3(4)6/h1-2H3,(H2,4,6). The monoisotopic (exact) mass is 104 g/mol. The van der Waals surface area contributed by atoms with E-state index in [1.165, 1.54) is 14.1 Å². The van der Waals surface area contributed by atoms with Crippen LogP contribution >= 0.6 is 0 Å². The summed E-state index contributed by atoms with van der Waals surface area (Å²) < 4.78 is -1.06. The Morgan fingerprint density at radius 2 is 1.86 bits per heavy atom. The summed E-state index contributed by atoms with van der Waals surface area (Å²) in [5, 5.41) is 10.3. The first-order valence-corrected chi connectivity index (χ1v) is 1.79. The summed E-state index contributed by atoms with van der Waals surface area (Å²) in [5.74, 6) is 0. The fraction of sp³-hybridized carbons (Fsp3) is 0.667. The summed E-state index contributed by atoms with van der Waals surface area (Å²) in [6.07, 6.45) is 0. The molecule has 0 aliphatic carbocycles. The summed E-state index contributed by atoms with van der Waals surface area (Å²) in [5.41, 5.74) is 4.59. The van der Waals surface area contributed by atoms with Crippen LogP contribution in [0.25, 0.3) is 0 Å². The third-order valence-electron chi connectivity index (χ3n) is 0.531. The van der Waals surface area contributed by atoms with Crippen LogP contribution in [0.1, 0.15) is 0 Å². The molecular weight excluding hydrogens is 96.0 g/mol. The van der Waals surface area contributed by atoms with Gasteiger partial charge in [-0.05, 0) is 0 Å². The Balaban J connectivity index is 3.79. The van der Waals surface area contributed by atoms with Crippen LogP contribution in [-0.2, 0) is 0 Å². The van der Waals surface area contributed by atoms with Crippen LogP contribution in [0.3, 0.4) is 0 Å². The number of urea groups is 1. The molecule has 0 bridgehead atoms. The third kappa shape index (κ3) is 2.13. The number of primary amides is 1. The lowest BCUT2D eigenvalue weighted by Crippen LogP contribution is -2.43. The van der Waals surface area contributed by atoms with Gasteiger partial charge in [0, 0.05) is 0 Å². The molecule has 0 aromatic heterocycles. The van der Waals surface area contributed by atoms with Crippen LogP contribution < -0.4 is 5.73 Å². The Labute approximate surface area is 41.7 Å². The summed E-state index contributed by atoms with van der Waals surface area (Å²) in [7, 11) is 2.34. The zero-order valence-corrected chi connectivity index (χ0v) is 4.34. The van der Waals surface area contributed by atoms with Gasteiger partial charge in [-0.2, -0.15) is 0 Å². The summed E-state index contributed by atoms with van der Waals surface area (Å²) in [6.45, 7) is 0. The van der Waals surface area contributed by atoms with Gasteiger partial charge in [0.1, 0.15) is 0 Å². The maximum atomic E-state index is 10.3. The quantitative estimate of drug-likeness (QED) is 0.337. The average molecular weight is 104 g/mol. The smallest absolute Gasteiger partial charge is 0.413 e. The number of quaternary nitrogens is 1. The van der Waals surface area contributed by atoms with Crippen molar-refractivity contribution in [3.05, 3.63) is 5.21 Å². The first-order chi connectivity index (χ1) is 2.94. The zero-order chi connectivity index (χ0) is 6.08. The molecule has 0 spiro atoms. The van der Waals surface area contributed by atoms with Crippen molar-refractivity contribution in [3.8, 4) is 0 Å². The number of rotatable bonds is 0. The molecule has 0 atom stereocenters. The topological polar surface area (TPSA) is 66.2 Å². The fourth-order valence-electron chi connectivity index (χ4n) is 0. The van der Waals surface area contributed by atoms with Crippen molar-refractivity contribution in [2.75, 3.05) is 14.1 Å². The van der Waals surface area contributed by atoms with E-state index in [4.69, 9.17) is 0 Å². The van der Waals surface area contributed by atoms with E-state index in [9.17, 15) is 10.0 Å². The van der Waals surface area contributed by atoms with E-state index in [1.54, 1.807) is 0 Å². The molecule has 0 rings (SSSR count). The van der Waals surface area contributed by atoms with Crippen LogP contribution in [0, 0.1) is 5.21 Å². The Kier molecular flexibility index (Phi) is 1.35. The van der Waals surface area contributed by atoms with Gasteiger partial charge in [-0.15, -0.1) is 0 Å². The highest BCUT2D eigenvalue weighted by Crippen LogP contribution is 1.87. The van der Waals surface area contributed by atoms with E-state index in [1.807, 2.05) is 0 Å². The maximum absolute atomic E-state index is 10.3. The molecular formula is C3H8N2O2. The highest BCUT2D eigenvalue weighted by atomic mass is 16.6. The molecule has 0 unspecified atom stereocenters. The molecule has 0 aliphatic rings. The van der Waals surface area contributed by atoms with E-state index in [2.05, 4.69) is 5.73 Å². The van der Waals surface area contributed by atoms with Gasteiger partial charge >= 0.3 is 6.03 Å². The molecule has 7 heavy (non-hydrogen) atoms. The third-order valence-corrected chi connectivity index (χ3v) is 0.531. The van der Waals surface area contributed by atoms with Crippen molar-refractivity contribution in [2.45, 2.75) is 0 Å². The van der Waals surface area contributed by atoms with Crippen LogP contribution in [0.5, 0.6) is 0 Å². The number of hydrogen-bond donors (Lipinski definition) is 1. The van der Waals surface area contributed by atoms with Crippen LogP contribution in [0.4, 0.5) is 4.79 Å². The fourth-order valence-corrected chi connectivity index (χ4v) is 0. The van der Waals surface area contributed by atoms with Gasteiger partial charge in [-0.3, -0.25) is 4.65 Å². The molecule has 4 heteroatoms. The molecule has 0 aromatic carbocycles. The molecule has 0 heterocycles. The normalized spacial score (nSPS) is 11.3. The van der Waals surface area contributed by atoms with Gasteiger partial charge in [-0.25, -0.2) is 4.79 Å². The molecule has 0 radical (unpaired) electrons. The summed E-state index contributed by atoms with van der Waals surface area (Å²) >= 11 is 0. The van der Waals surface area contributed by atoms with Gasteiger partial charge < -0.3 is 10.9 Å². The van der Waals surface area contributed by atoms with E-state index in [0.29, 0.717) is 0 Å². The van der Waals surface area contributed by atoms with Crippen molar-refractivity contribution < 1.29 is 9.44 Å². The number of carbonyl (C=O) groups is 1. The highest BCUT2D eigenvalue weighted by molar-refractivity contribution is 5.64. The van der Waals surface area contributed by atoms with Gasteiger partial charge in [0.25, 0.3) is 0 Å². The van der Waals surface area contributed by atoms with Gasteiger partial charge in [0.05, 0.1) is 14.1 Å². The number of nitrogens with two attached hydrogens (primary N) is 1. The number of amides is 2. The molecule has 42 valence electrons. The van der Waals surface area contributed by atoms with Gasteiger partial charge in [0.15, 0.2) is 0 Å². The second-order valence-electron chi connectivity index (χ2n) is 1.69. The Hall–Kier alpha value is -0.610. The minimum Gasteiger partial charge on any atom is -0.624 e. The largest absolute Gasteiger partial charge is 0.624 e. The van der Waals surface area contributed by atoms with Crippen molar-refractivity contribution in [3.63, 3.8) is 0 Å². The second kappa shape index (κ2) is 1.48. The molecule has 0 aromatic rings. The van der Waals surface area contributed by atoms with E-state index in [0.717, 1.165) is 0 Å². The van der Waals surface area contributed by atoms with Crippen molar-refractivity contribution in [1.82, 2.24) is 0 Å².